The van der Waals surface area contributed by atoms with Crippen molar-refractivity contribution in [1.29, 1.82) is 0 Å². The molecule has 0 aromatic heterocycles. The molecule has 1 aromatic rings. The Kier molecular flexibility index (Phi) is 6.74. The molecular weight excluding hydrogens is 378 g/mol. The van der Waals surface area contributed by atoms with E-state index in [0.29, 0.717) is 19.0 Å². The minimum atomic E-state index is 0.123. The van der Waals surface area contributed by atoms with Crippen LogP contribution >= 0.6 is 0 Å². The molecule has 2 atom stereocenters. The van der Waals surface area contributed by atoms with Crippen LogP contribution in [0.4, 0.5) is 0 Å². The molecule has 2 unspecified atom stereocenters. The van der Waals surface area contributed by atoms with Gasteiger partial charge >= 0.3 is 0 Å². The summed E-state index contributed by atoms with van der Waals surface area (Å²) < 4.78 is 5.76. The molecule has 1 aromatic carbocycles. The number of hydrogen-bond donors (Lipinski definition) is 0. The van der Waals surface area contributed by atoms with Crippen LogP contribution in [0.15, 0.2) is 24.3 Å². The first-order valence-electron chi connectivity index (χ1n) is 11.5. The normalized spacial score (nSPS) is 26.2. The number of likely N-dealkylation sites (tertiary alicyclic amines) is 2. The Bertz CT molecular complexity index is 727. The molecule has 0 N–H and O–H groups in total. The summed E-state index contributed by atoms with van der Waals surface area (Å²) >= 11 is 0. The van der Waals surface area contributed by atoms with E-state index in [2.05, 4.69) is 17.0 Å². The molecular formula is C24H35N3O3. The topological polar surface area (TPSA) is 53.1 Å². The van der Waals surface area contributed by atoms with Crippen molar-refractivity contribution >= 4 is 11.8 Å². The Hall–Kier alpha value is -1.92. The first kappa shape index (κ1) is 21.3. The number of morpholine rings is 1. The highest BCUT2D eigenvalue weighted by molar-refractivity contribution is 5.94. The summed E-state index contributed by atoms with van der Waals surface area (Å²) in [5.41, 5.74) is 2.02. The molecule has 3 saturated heterocycles. The number of carbonyl (C=O) groups excluding carboxylic acids is 2. The molecule has 3 aliphatic heterocycles. The number of nitrogens with zero attached hydrogens (tertiary/aromatic N) is 3. The van der Waals surface area contributed by atoms with Crippen LogP contribution in [0, 0.1) is 5.92 Å². The molecule has 3 aliphatic rings. The van der Waals surface area contributed by atoms with E-state index in [1.807, 2.05) is 35.8 Å². The van der Waals surface area contributed by atoms with Gasteiger partial charge in [-0.15, -0.1) is 0 Å². The van der Waals surface area contributed by atoms with Crippen LogP contribution in [-0.4, -0.2) is 78.0 Å². The molecule has 164 valence electrons. The average molecular weight is 414 g/mol. The molecule has 6 heteroatoms. The molecule has 30 heavy (non-hydrogen) atoms. The summed E-state index contributed by atoms with van der Waals surface area (Å²) in [6, 6.07) is 8.09. The number of piperidine rings is 1. The second-order valence-electron chi connectivity index (χ2n) is 9.25. The lowest BCUT2D eigenvalue weighted by Crippen LogP contribution is -2.51. The van der Waals surface area contributed by atoms with Gasteiger partial charge in [0.2, 0.25) is 5.91 Å². The molecule has 3 heterocycles. The van der Waals surface area contributed by atoms with Crippen LogP contribution in [0.25, 0.3) is 0 Å². The van der Waals surface area contributed by atoms with E-state index in [0.717, 1.165) is 64.0 Å². The summed E-state index contributed by atoms with van der Waals surface area (Å²) in [4.78, 5) is 31.8. The van der Waals surface area contributed by atoms with Crippen molar-refractivity contribution in [3.63, 3.8) is 0 Å². The van der Waals surface area contributed by atoms with Crippen LogP contribution in [-0.2, 0) is 16.1 Å². The maximum absolute atomic E-state index is 12.9. The number of ether oxygens (including phenoxy) is 1. The van der Waals surface area contributed by atoms with Gasteiger partial charge in [0.1, 0.15) is 0 Å². The lowest BCUT2D eigenvalue weighted by Gasteiger charge is -2.39. The number of carbonyl (C=O) groups is 2. The van der Waals surface area contributed by atoms with E-state index >= 15 is 0 Å². The first-order valence-corrected chi connectivity index (χ1v) is 11.5. The van der Waals surface area contributed by atoms with Gasteiger partial charge in [0.15, 0.2) is 0 Å². The summed E-state index contributed by atoms with van der Waals surface area (Å²) in [6.45, 7) is 10.1. The second-order valence-corrected chi connectivity index (χ2v) is 9.25. The van der Waals surface area contributed by atoms with E-state index in [9.17, 15) is 9.59 Å². The Labute approximate surface area is 180 Å². The van der Waals surface area contributed by atoms with Crippen LogP contribution in [0.3, 0.4) is 0 Å². The first-order chi connectivity index (χ1) is 14.5. The molecule has 4 rings (SSSR count). The Balaban J connectivity index is 1.25. The van der Waals surface area contributed by atoms with Gasteiger partial charge in [-0.1, -0.05) is 12.1 Å². The van der Waals surface area contributed by atoms with Gasteiger partial charge in [-0.05, 0) is 70.3 Å². The second kappa shape index (κ2) is 9.48. The van der Waals surface area contributed by atoms with Crippen LogP contribution in [0.5, 0.6) is 0 Å². The van der Waals surface area contributed by atoms with Gasteiger partial charge in [-0.2, -0.15) is 0 Å². The van der Waals surface area contributed by atoms with Gasteiger partial charge in [0, 0.05) is 44.2 Å². The van der Waals surface area contributed by atoms with Gasteiger partial charge < -0.3 is 14.5 Å². The molecule has 0 spiro atoms. The van der Waals surface area contributed by atoms with Crippen molar-refractivity contribution in [3.05, 3.63) is 35.4 Å². The standard InChI is InChI=1S/C24H35N3O3/c1-18-15-27(16-19(2)30-18)24(29)22-9-13-25(14-10-22)17-20-5-7-21(8-6-20)23(28)26-11-3-4-12-26/h5-8,18-19,22H,3-4,9-17H2,1-2H3. The third-order valence-electron chi connectivity index (χ3n) is 6.67. The Morgan fingerprint density at radius 1 is 0.900 bits per heavy atom. The molecule has 6 nitrogen and oxygen atoms in total. The van der Waals surface area contributed by atoms with Crippen molar-refractivity contribution in [3.8, 4) is 0 Å². The lowest BCUT2D eigenvalue weighted by atomic mass is 9.94. The lowest BCUT2D eigenvalue weighted by molar-refractivity contribution is -0.148. The Morgan fingerprint density at radius 3 is 2.10 bits per heavy atom. The fourth-order valence-corrected chi connectivity index (χ4v) is 5.07. The molecule has 0 bridgehead atoms. The maximum atomic E-state index is 12.9. The van der Waals surface area contributed by atoms with Crippen LogP contribution in [0.2, 0.25) is 0 Å². The fourth-order valence-electron chi connectivity index (χ4n) is 5.07. The summed E-state index contributed by atoms with van der Waals surface area (Å²) in [7, 11) is 0. The quantitative estimate of drug-likeness (QED) is 0.762. The van der Waals surface area contributed by atoms with Gasteiger partial charge in [0.05, 0.1) is 12.2 Å². The smallest absolute Gasteiger partial charge is 0.253 e. The largest absolute Gasteiger partial charge is 0.372 e. The molecule has 0 aliphatic carbocycles. The van der Waals surface area contributed by atoms with Crippen LogP contribution in [0.1, 0.15) is 55.5 Å². The van der Waals surface area contributed by atoms with E-state index in [4.69, 9.17) is 4.74 Å². The third-order valence-corrected chi connectivity index (χ3v) is 6.67. The zero-order valence-corrected chi connectivity index (χ0v) is 18.4. The van der Waals surface area contributed by atoms with Crippen molar-refractivity contribution in [1.82, 2.24) is 14.7 Å². The monoisotopic (exact) mass is 413 g/mol. The molecule has 2 amide bonds. The predicted octanol–water partition coefficient (Wildman–Crippen LogP) is 2.77. The van der Waals surface area contributed by atoms with Gasteiger partial charge in [-0.3, -0.25) is 14.5 Å². The van der Waals surface area contributed by atoms with Crippen molar-refractivity contribution in [2.75, 3.05) is 39.3 Å². The highest BCUT2D eigenvalue weighted by Gasteiger charge is 2.32. The van der Waals surface area contributed by atoms with Crippen LogP contribution < -0.4 is 0 Å². The summed E-state index contributed by atoms with van der Waals surface area (Å²) in [6.07, 6.45) is 4.32. The number of amides is 2. The minimum Gasteiger partial charge on any atom is -0.372 e. The molecule has 3 fully saturated rings. The van der Waals surface area contributed by atoms with E-state index in [-0.39, 0.29) is 24.0 Å². The number of benzene rings is 1. The summed E-state index contributed by atoms with van der Waals surface area (Å²) in [5.74, 6) is 0.603. The average Bonchev–Trinajstić information content (AvgIpc) is 3.28. The predicted molar refractivity (Wildman–Crippen MR) is 116 cm³/mol. The number of hydrogen-bond acceptors (Lipinski definition) is 4. The SMILES string of the molecule is CC1CN(C(=O)C2CCN(Cc3ccc(C(=O)N4CCCC4)cc3)CC2)CC(C)O1. The molecule has 0 saturated carbocycles. The van der Waals surface area contributed by atoms with Crippen molar-refractivity contribution in [2.24, 2.45) is 5.92 Å². The highest BCUT2D eigenvalue weighted by atomic mass is 16.5. The summed E-state index contributed by atoms with van der Waals surface area (Å²) in [5, 5.41) is 0. The van der Waals surface area contributed by atoms with Crippen molar-refractivity contribution < 1.29 is 14.3 Å². The zero-order chi connectivity index (χ0) is 21.1. The highest BCUT2D eigenvalue weighted by Crippen LogP contribution is 2.23. The third kappa shape index (κ3) is 5.03. The minimum absolute atomic E-state index is 0.123. The Morgan fingerprint density at radius 2 is 1.50 bits per heavy atom. The van der Waals surface area contributed by atoms with E-state index in [1.165, 1.54) is 5.56 Å². The van der Waals surface area contributed by atoms with E-state index in [1.54, 1.807) is 0 Å². The maximum Gasteiger partial charge on any atom is 0.253 e. The van der Waals surface area contributed by atoms with E-state index < -0.39 is 0 Å². The van der Waals surface area contributed by atoms with Gasteiger partial charge in [-0.25, -0.2) is 0 Å². The fraction of sp³-hybridized carbons (Fsp3) is 0.667. The van der Waals surface area contributed by atoms with Crippen molar-refractivity contribution in [2.45, 2.75) is 58.3 Å². The molecule has 0 radical (unpaired) electrons. The zero-order valence-electron chi connectivity index (χ0n) is 18.4. The van der Waals surface area contributed by atoms with Gasteiger partial charge in [0.25, 0.3) is 5.91 Å². The number of rotatable bonds is 4.